The van der Waals surface area contributed by atoms with E-state index < -0.39 is 15.4 Å². The lowest BCUT2D eigenvalue weighted by Gasteiger charge is -2.37. The summed E-state index contributed by atoms with van der Waals surface area (Å²) < 4.78 is 32.3. The molecule has 140 valence electrons. The Hall–Kier alpha value is -1.15. The van der Waals surface area contributed by atoms with Crippen LogP contribution in [0.25, 0.3) is 0 Å². The maximum absolute atomic E-state index is 12.9. The molecule has 1 aromatic carbocycles. The van der Waals surface area contributed by atoms with Crippen molar-refractivity contribution >= 4 is 28.4 Å². The van der Waals surface area contributed by atoms with Crippen LogP contribution in [0.5, 0.6) is 0 Å². The molecular weight excluding hydrogens is 364 g/mol. The molecule has 8 heteroatoms. The van der Waals surface area contributed by atoms with Crippen molar-refractivity contribution in [3.63, 3.8) is 0 Å². The largest absolute Gasteiger partial charge is 0.468 e. The van der Waals surface area contributed by atoms with E-state index >= 15 is 0 Å². The van der Waals surface area contributed by atoms with Gasteiger partial charge in [0.1, 0.15) is 0 Å². The number of methoxy groups -OCH3 is 1. The van der Waals surface area contributed by atoms with E-state index in [0.717, 1.165) is 18.4 Å². The number of ether oxygens (including phenoxy) is 1. The Kier molecular flexibility index (Phi) is 5.83. The molecule has 1 aliphatic carbocycles. The molecule has 6 nitrogen and oxygen atoms in total. The SMILES string of the molecule is COC(=O)C1(c2ccc(S(=O)(=O)N3CCNC(C)C3C)cc2)CC1.Cl. The van der Waals surface area contributed by atoms with Crippen LogP contribution in [0.4, 0.5) is 0 Å². The Labute approximate surface area is 155 Å². The van der Waals surface area contributed by atoms with Gasteiger partial charge in [-0.1, -0.05) is 12.1 Å². The summed E-state index contributed by atoms with van der Waals surface area (Å²) in [6.07, 6.45) is 1.50. The molecule has 2 fully saturated rings. The molecule has 0 radical (unpaired) electrons. The van der Waals surface area contributed by atoms with E-state index in [1.54, 1.807) is 28.6 Å². The van der Waals surface area contributed by atoms with Crippen molar-refractivity contribution in [2.75, 3.05) is 20.2 Å². The topological polar surface area (TPSA) is 75.7 Å². The molecule has 1 saturated heterocycles. The van der Waals surface area contributed by atoms with Crippen LogP contribution < -0.4 is 5.32 Å². The smallest absolute Gasteiger partial charge is 0.316 e. The number of rotatable bonds is 4. The van der Waals surface area contributed by atoms with Gasteiger partial charge >= 0.3 is 5.97 Å². The first-order chi connectivity index (χ1) is 11.3. The number of hydrogen-bond donors (Lipinski definition) is 1. The molecule has 1 N–H and O–H groups in total. The van der Waals surface area contributed by atoms with Crippen molar-refractivity contribution in [1.29, 1.82) is 0 Å². The third-order valence-electron chi connectivity index (χ3n) is 5.32. The van der Waals surface area contributed by atoms with Crippen LogP contribution in [0.3, 0.4) is 0 Å². The molecule has 0 aromatic heterocycles. The lowest BCUT2D eigenvalue weighted by Crippen LogP contribution is -2.57. The lowest BCUT2D eigenvalue weighted by molar-refractivity contribution is -0.143. The van der Waals surface area contributed by atoms with Crippen molar-refractivity contribution in [3.05, 3.63) is 29.8 Å². The predicted molar refractivity (Wildman–Crippen MR) is 97.4 cm³/mol. The van der Waals surface area contributed by atoms with Crippen molar-refractivity contribution < 1.29 is 17.9 Å². The highest BCUT2D eigenvalue weighted by atomic mass is 35.5. The molecule has 1 heterocycles. The maximum Gasteiger partial charge on any atom is 0.316 e. The highest BCUT2D eigenvalue weighted by Gasteiger charge is 2.52. The molecule has 0 spiro atoms. The van der Waals surface area contributed by atoms with E-state index in [0.29, 0.717) is 13.1 Å². The van der Waals surface area contributed by atoms with Gasteiger partial charge in [-0.05, 0) is 44.4 Å². The molecule has 1 saturated carbocycles. The summed E-state index contributed by atoms with van der Waals surface area (Å²) in [5, 5.41) is 3.28. The van der Waals surface area contributed by atoms with E-state index in [-0.39, 0.29) is 35.4 Å². The summed E-state index contributed by atoms with van der Waals surface area (Å²) in [7, 11) is -2.15. The second-order valence-electron chi connectivity index (χ2n) is 6.70. The van der Waals surface area contributed by atoms with Gasteiger partial charge in [-0.2, -0.15) is 4.31 Å². The molecule has 2 aliphatic rings. The normalized spacial score (nSPS) is 25.7. The number of nitrogens with one attached hydrogen (secondary N) is 1. The van der Waals surface area contributed by atoms with Crippen LogP contribution in [0.15, 0.2) is 29.2 Å². The van der Waals surface area contributed by atoms with Crippen LogP contribution in [0.2, 0.25) is 0 Å². The van der Waals surface area contributed by atoms with E-state index in [1.165, 1.54) is 7.11 Å². The Morgan fingerprint density at radius 2 is 1.84 bits per heavy atom. The fourth-order valence-corrected chi connectivity index (χ4v) is 5.08. The summed E-state index contributed by atoms with van der Waals surface area (Å²) in [6, 6.07) is 6.70. The minimum absolute atomic E-state index is 0. The lowest BCUT2D eigenvalue weighted by atomic mass is 9.96. The van der Waals surface area contributed by atoms with Crippen LogP contribution in [0, 0.1) is 0 Å². The van der Waals surface area contributed by atoms with Crippen LogP contribution in [-0.2, 0) is 25.0 Å². The molecule has 1 aliphatic heterocycles. The van der Waals surface area contributed by atoms with E-state index in [9.17, 15) is 13.2 Å². The first-order valence-corrected chi connectivity index (χ1v) is 9.71. The minimum atomic E-state index is -3.53. The Morgan fingerprint density at radius 1 is 1.24 bits per heavy atom. The van der Waals surface area contributed by atoms with Gasteiger partial charge in [0.05, 0.1) is 17.4 Å². The molecule has 1 aromatic rings. The second kappa shape index (κ2) is 7.23. The summed E-state index contributed by atoms with van der Waals surface area (Å²) in [4.78, 5) is 12.2. The molecule has 25 heavy (non-hydrogen) atoms. The van der Waals surface area contributed by atoms with E-state index in [1.807, 2.05) is 13.8 Å². The third-order valence-corrected chi connectivity index (χ3v) is 7.32. The number of halogens is 1. The third kappa shape index (κ3) is 3.43. The van der Waals surface area contributed by atoms with Gasteiger partial charge in [0.2, 0.25) is 10.0 Å². The van der Waals surface area contributed by atoms with E-state index in [2.05, 4.69) is 5.32 Å². The number of hydrogen-bond acceptors (Lipinski definition) is 5. The predicted octanol–water partition coefficient (Wildman–Crippen LogP) is 1.68. The van der Waals surface area contributed by atoms with Gasteiger partial charge in [-0.15, -0.1) is 12.4 Å². The van der Waals surface area contributed by atoms with Gasteiger partial charge in [0.25, 0.3) is 0 Å². The fraction of sp³-hybridized carbons (Fsp3) is 0.588. The monoisotopic (exact) mass is 388 g/mol. The van der Waals surface area contributed by atoms with Crippen LogP contribution >= 0.6 is 12.4 Å². The van der Waals surface area contributed by atoms with Crippen LogP contribution in [-0.4, -0.2) is 51.0 Å². The van der Waals surface area contributed by atoms with Crippen molar-refractivity contribution in [2.24, 2.45) is 0 Å². The summed E-state index contributed by atoms with van der Waals surface area (Å²) >= 11 is 0. The number of piperazine rings is 1. The van der Waals surface area contributed by atoms with Gasteiger partial charge in [0, 0.05) is 25.2 Å². The van der Waals surface area contributed by atoms with E-state index in [4.69, 9.17) is 4.74 Å². The number of carbonyl (C=O) groups is 1. The molecule has 2 atom stereocenters. The maximum atomic E-state index is 12.9. The first-order valence-electron chi connectivity index (χ1n) is 8.27. The highest BCUT2D eigenvalue weighted by Crippen LogP contribution is 2.49. The number of benzene rings is 1. The molecule has 3 rings (SSSR count). The van der Waals surface area contributed by atoms with Gasteiger partial charge < -0.3 is 10.1 Å². The van der Waals surface area contributed by atoms with Crippen LogP contribution in [0.1, 0.15) is 32.3 Å². The summed E-state index contributed by atoms with van der Waals surface area (Å²) in [6.45, 7) is 5.01. The fourth-order valence-electron chi connectivity index (χ4n) is 3.38. The standard InChI is InChI=1S/C17H24N2O4S.ClH/c1-12-13(2)19(11-10-18-12)24(21,22)15-6-4-14(5-7-15)17(8-9-17)16(20)23-3;/h4-7,12-13,18H,8-11H2,1-3H3;1H. The zero-order valence-corrected chi connectivity index (χ0v) is 16.3. The number of nitrogens with zero attached hydrogens (tertiary/aromatic N) is 1. The Morgan fingerprint density at radius 3 is 2.36 bits per heavy atom. The molecule has 0 bridgehead atoms. The zero-order valence-electron chi connectivity index (χ0n) is 14.7. The first kappa shape index (κ1) is 20.2. The Balaban J connectivity index is 0.00000225. The van der Waals surface area contributed by atoms with Gasteiger partial charge in [-0.3, -0.25) is 4.79 Å². The van der Waals surface area contributed by atoms with Gasteiger partial charge in [0.15, 0.2) is 0 Å². The molecular formula is C17H25ClN2O4S. The number of carbonyl (C=O) groups excluding carboxylic acids is 1. The van der Waals surface area contributed by atoms with Crippen molar-refractivity contribution in [2.45, 2.75) is 49.1 Å². The summed E-state index contributed by atoms with van der Waals surface area (Å²) in [5.41, 5.74) is 0.253. The molecule has 2 unspecified atom stereocenters. The summed E-state index contributed by atoms with van der Waals surface area (Å²) in [5.74, 6) is -0.248. The minimum Gasteiger partial charge on any atom is -0.468 e. The van der Waals surface area contributed by atoms with Crippen molar-refractivity contribution in [1.82, 2.24) is 9.62 Å². The zero-order chi connectivity index (χ0) is 17.5. The van der Waals surface area contributed by atoms with Gasteiger partial charge in [-0.25, -0.2) is 8.42 Å². The number of sulfonamides is 1. The second-order valence-corrected chi connectivity index (χ2v) is 8.59. The average molecular weight is 389 g/mol. The Bertz CT molecular complexity index is 732. The highest BCUT2D eigenvalue weighted by molar-refractivity contribution is 7.89. The average Bonchev–Trinajstić information content (AvgIpc) is 3.38. The number of esters is 1. The van der Waals surface area contributed by atoms with Crippen molar-refractivity contribution in [3.8, 4) is 0 Å². The molecule has 0 amide bonds. The quantitative estimate of drug-likeness (QED) is 0.794.